The molecule has 0 aromatic heterocycles. The summed E-state index contributed by atoms with van der Waals surface area (Å²) >= 11 is 5.96. The molecule has 2 N–H and O–H groups in total. The van der Waals surface area contributed by atoms with Crippen LogP contribution in [0.25, 0.3) is 0 Å². The van der Waals surface area contributed by atoms with Crippen LogP contribution in [0.3, 0.4) is 0 Å². The summed E-state index contributed by atoms with van der Waals surface area (Å²) < 4.78 is 5.57. The Kier molecular flexibility index (Phi) is 4.43. The van der Waals surface area contributed by atoms with Crippen molar-refractivity contribution in [2.75, 3.05) is 13.2 Å². The molecule has 1 aromatic rings. The average Bonchev–Trinajstić information content (AvgIpc) is 2.13. The second kappa shape index (κ2) is 5.38. The lowest BCUT2D eigenvalue weighted by atomic mass is 10.1. The fourth-order valence-corrected chi connectivity index (χ4v) is 1.41. The topological polar surface area (TPSA) is 25.8 Å². The molecule has 15 heavy (non-hydrogen) atoms. The molecule has 0 atom stereocenters. The Balaban J connectivity index is 2.30. The largest absolute Gasteiger partial charge is 0.486 e. The van der Waals surface area contributed by atoms with Gasteiger partial charge in [-0.05, 0) is 32.9 Å². The Morgan fingerprint density at radius 3 is 2.53 bits per heavy atom. The highest BCUT2D eigenvalue weighted by Gasteiger charge is 2.12. The molecule has 84 valence electrons. The number of rotatable bonds is 4. The van der Waals surface area contributed by atoms with Gasteiger partial charge in [-0.3, -0.25) is 0 Å². The third kappa shape index (κ3) is 5.05. The van der Waals surface area contributed by atoms with Gasteiger partial charge in [-0.25, -0.2) is 0 Å². The first-order chi connectivity index (χ1) is 6.99. The van der Waals surface area contributed by atoms with Crippen LogP contribution in [0.2, 0.25) is 5.02 Å². The number of hydrogen-bond acceptors (Lipinski definition) is 1. The smallest absolute Gasteiger partial charge is 0.138 e. The van der Waals surface area contributed by atoms with Gasteiger partial charge in [0.1, 0.15) is 18.9 Å². The molecule has 0 saturated carbocycles. The maximum absolute atomic E-state index is 5.96. The summed E-state index contributed by atoms with van der Waals surface area (Å²) in [4.78, 5) is 0. The van der Waals surface area contributed by atoms with Crippen molar-refractivity contribution in [1.82, 2.24) is 0 Å². The van der Waals surface area contributed by atoms with E-state index < -0.39 is 0 Å². The van der Waals surface area contributed by atoms with E-state index in [-0.39, 0.29) is 5.54 Å². The van der Waals surface area contributed by atoms with Gasteiger partial charge in [0.15, 0.2) is 0 Å². The van der Waals surface area contributed by atoms with Crippen molar-refractivity contribution < 1.29 is 10.1 Å². The van der Waals surface area contributed by atoms with Crippen LogP contribution in [-0.4, -0.2) is 18.7 Å². The minimum absolute atomic E-state index is 0.254. The van der Waals surface area contributed by atoms with Crippen LogP contribution in [0.15, 0.2) is 24.3 Å². The first-order valence-electron chi connectivity index (χ1n) is 5.21. The molecule has 1 rings (SSSR count). The van der Waals surface area contributed by atoms with Crippen LogP contribution < -0.4 is 10.1 Å². The van der Waals surface area contributed by atoms with E-state index >= 15 is 0 Å². The minimum Gasteiger partial charge on any atom is -0.486 e. The van der Waals surface area contributed by atoms with Gasteiger partial charge in [0.05, 0.1) is 10.6 Å². The van der Waals surface area contributed by atoms with Crippen LogP contribution >= 0.6 is 11.6 Å². The molecule has 0 unspecified atom stereocenters. The molecule has 0 saturated heterocycles. The zero-order valence-electron chi connectivity index (χ0n) is 9.59. The predicted octanol–water partition coefficient (Wildman–Crippen LogP) is 2.08. The van der Waals surface area contributed by atoms with Crippen LogP contribution in [0.1, 0.15) is 20.8 Å². The average molecular weight is 229 g/mol. The third-order valence-electron chi connectivity index (χ3n) is 1.97. The van der Waals surface area contributed by atoms with E-state index in [1.807, 2.05) is 24.3 Å². The second-order valence-corrected chi connectivity index (χ2v) is 5.04. The molecule has 0 heterocycles. The van der Waals surface area contributed by atoms with Gasteiger partial charge in [-0.15, -0.1) is 0 Å². The Morgan fingerprint density at radius 2 is 1.93 bits per heavy atom. The van der Waals surface area contributed by atoms with Gasteiger partial charge in [0, 0.05) is 0 Å². The van der Waals surface area contributed by atoms with E-state index in [0.717, 1.165) is 12.3 Å². The molecule has 3 heteroatoms. The number of hydrogen-bond donors (Lipinski definition) is 1. The van der Waals surface area contributed by atoms with Gasteiger partial charge in [0.2, 0.25) is 0 Å². The molecular formula is C12H19ClNO+. The van der Waals surface area contributed by atoms with E-state index in [1.54, 1.807) is 0 Å². The zero-order chi connectivity index (χ0) is 11.3. The van der Waals surface area contributed by atoms with E-state index in [9.17, 15) is 0 Å². The van der Waals surface area contributed by atoms with Crippen molar-refractivity contribution >= 4 is 11.6 Å². The Labute approximate surface area is 96.6 Å². The first kappa shape index (κ1) is 12.3. The van der Waals surface area contributed by atoms with Gasteiger partial charge < -0.3 is 10.1 Å². The Bertz CT molecular complexity index is 307. The van der Waals surface area contributed by atoms with Gasteiger partial charge >= 0.3 is 0 Å². The van der Waals surface area contributed by atoms with E-state index in [1.165, 1.54) is 0 Å². The molecule has 1 aromatic carbocycles. The lowest BCUT2D eigenvalue weighted by Crippen LogP contribution is -2.95. The Morgan fingerprint density at radius 1 is 1.27 bits per heavy atom. The van der Waals surface area contributed by atoms with Crippen LogP contribution in [0, 0.1) is 0 Å². The standard InChI is InChI=1S/C12H18ClNO/c1-12(2,3)14-8-9-15-11-7-5-4-6-10(11)13/h4-7,14H,8-9H2,1-3H3/p+1. The highest BCUT2D eigenvalue weighted by atomic mass is 35.5. The van der Waals surface area contributed by atoms with Crippen LogP contribution in [0.5, 0.6) is 5.75 Å². The van der Waals surface area contributed by atoms with Gasteiger partial charge in [0.25, 0.3) is 0 Å². The molecule has 0 aliphatic heterocycles. The number of benzene rings is 1. The Hall–Kier alpha value is -0.730. The summed E-state index contributed by atoms with van der Waals surface area (Å²) in [6.45, 7) is 8.17. The normalized spacial score (nSPS) is 11.5. The lowest BCUT2D eigenvalue weighted by Gasteiger charge is -2.17. The molecular weight excluding hydrogens is 210 g/mol. The van der Waals surface area contributed by atoms with Crippen LogP contribution in [-0.2, 0) is 0 Å². The second-order valence-electron chi connectivity index (χ2n) is 4.64. The van der Waals surface area contributed by atoms with Gasteiger partial charge in [-0.1, -0.05) is 23.7 Å². The highest BCUT2D eigenvalue weighted by Crippen LogP contribution is 2.22. The van der Waals surface area contributed by atoms with E-state index in [0.29, 0.717) is 11.6 Å². The predicted molar refractivity (Wildman–Crippen MR) is 63.5 cm³/mol. The number of ether oxygens (including phenoxy) is 1. The molecule has 0 spiro atoms. The highest BCUT2D eigenvalue weighted by molar-refractivity contribution is 6.32. The zero-order valence-corrected chi connectivity index (χ0v) is 10.3. The molecule has 0 radical (unpaired) electrons. The van der Waals surface area contributed by atoms with Gasteiger partial charge in [-0.2, -0.15) is 0 Å². The maximum Gasteiger partial charge on any atom is 0.138 e. The van der Waals surface area contributed by atoms with Crippen LogP contribution in [0.4, 0.5) is 0 Å². The molecule has 0 fully saturated rings. The molecule has 0 aliphatic rings. The quantitative estimate of drug-likeness (QED) is 0.785. The van der Waals surface area contributed by atoms with E-state index in [4.69, 9.17) is 16.3 Å². The summed E-state index contributed by atoms with van der Waals surface area (Å²) in [5.41, 5.74) is 0.254. The van der Waals surface area contributed by atoms with Crippen molar-refractivity contribution in [2.45, 2.75) is 26.3 Å². The number of nitrogens with two attached hydrogens (primary N) is 1. The van der Waals surface area contributed by atoms with Crippen molar-refractivity contribution in [3.8, 4) is 5.75 Å². The summed E-state index contributed by atoms with van der Waals surface area (Å²) in [5.74, 6) is 0.765. The fourth-order valence-electron chi connectivity index (χ4n) is 1.22. The maximum atomic E-state index is 5.96. The summed E-state index contributed by atoms with van der Waals surface area (Å²) in [6.07, 6.45) is 0. The summed E-state index contributed by atoms with van der Waals surface area (Å²) in [7, 11) is 0. The monoisotopic (exact) mass is 228 g/mol. The SMILES string of the molecule is CC(C)(C)[NH2+]CCOc1ccccc1Cl. The number of halogens is 1. The van der Waals surface area contributed by atoms with Crippen molar-refractivity contribution in [1.29, 1.82) is 0 Å². The molecule has 2 nitrogen and oxygen atoms in total. The van der Waals surface area contributed by atoms with E-state index in [2.05, 4.69) is 26.1 Å². The molecule has 0 amide bonds. The summed E-state index contributed by atoms with van der Waals surface area (Å²) in [6, 6.07) is 7.55. The van der Waals surface area contributed by atoms with Crippen molar-refractivity contribution in [3.05, 3.63) is 29.3 Å². The fraction of sp³-hybridized carbons (Fsp3) is 0.500. The molecule has 0 bridgehead atoms. The summed E-state index contributed by atoms with van der Waals surface area (Å²) in [5, 5.41) is 2.93. The number of quaternary nitrogens is 1. The number of para-hydroxylation sites is 1. The lowest BCUT2D eigenvalue weighted by molar-refractivity contribution is -0.717. The minimum atomic E-state index is 0.254. The first-order valence-corrected chi connectivity index (χ1v) is 5.58. The third-order valence-corrected chi connectivity index (χ3v) is 2.28. The molecule has 0 aliphatic carbocycles. The van der Waals surface area contributed by atoms with Crippen molar-refractivity contribution in [2.24, 2.45) is 0 Å². The van der Waals surface area contributed by atoms with Crippen molar-refractivity contribution in [3.63, 3.8) is 0 Å².